The average molecular weight is 573 g/mol. The van der Waals surface area contributed by atoms with Crippen molar-refractivity contribution in [3.05, 3.63) is 53.6 Å². The monoisotopic (exact) mass is 572 g/mol. The van der Waals surface area contributed by atoms with Crippen molar-refractivity contribution in [3.8, 4) is 5.75 Å². The third-order valence-electron chi connectivity index (χ3n) is 7.98. The first-order valence-corrected chi connectivity index (χ1v) is 14.6. The number of alkyl halides is 3. The first-order valence-electron chi connectivity index (χ1n) is 12.4. The van der Waals surface area contributed by atoms with Gasteiger partial charge in [0.05, 0.1) is 17.4 Å². The highest BCUT2D eigenvalue weighted by molar-refractivity contribution is 7.93. The lowest BCUT2D eigenvalue weighted by Gasteiger charge is -2.49. The Hall–Kier alpha value is -2.51. The molecule has 0 bridgehead atoms. The van der Waals surface area contributed by atoms with Crippen molar-refractivity contribution < 1.29 is 30.7 Å². The van der Waals surface area contributed by atoms with Crippen LogP contribution in [0.4, 0.5) is 22.7 Å². The highest BCUT2D eigenvalue weighted by atomic mass is 32.2. The number of piperidine rings is 1. The second kappa shape index (κ2) is 10.2. The molecule has 0 amide bonds. The summed E-state index contributed by atoms with van der Waals surface area (Å²) < 4.78 is 93.4. The lowest BCUT2D eigenvalue weighted by Crippen LogP contribution is -2.52. The summed E-state index contributed by atoms with van der Waals surface area (Å²) >= 11 is 0.907. The molecule has 5 atom stereocenters. The van der Waals surface area contributed by atoms with E-state index in [0.717, 1.165) is 17.1 Å². The van der Waals surface area contributed by atoms with Crippen molar-refractivity contribution in [3.63, 3.8) is 0 Å². The molecule has 3 heterocycles. The Balaban J connectivity index is 1.46. The number of hydrogen-bond acceptors (Lipinski definition) is 7. The second-order valence-corrected chi connectivity index (χ2v) is 12.5. The molecule has 5 rings (SSSR count). The smallest absolute Gasteiger partial charge is 0.391 e. The van der Waals surface area contributed by atoms with Gasteiger partial charge in [-0.2, -0.15) is 17.5 Å². The van der Waals surface area contributed by atoms with Crippen LogP contribution in [-0.2, 0) is 10.0 Å². The van der Waals surface area contributed by atoms with Crippen molar-refractivity contribution >= 4 is 26.7 Å². The quantitative estimate of drug-likeness (QED) is 0.451. The molecule has 3 aliphatic rings. The van der Waals surface area contributed by atoms with Crippen LogP contribution in [0, 0.1) is 17.8 Å². The summed E-state index contributed by atoms with van der Waals surface area (Å²) in [6.07, 6.45) is 0.452. The minimum atomic E-state index is -4.31. The van der Waals surface area contributed by atoms with E-state index in [0.29, 0.717) is 24.4 Å². The zero-order valence-electron chi connectivity index (χ0n) is 20.8. The summed E-state index contributed by atoms with van der Waals surface area (Å²) in [6.45, 7) is 4.06. The summed E-state index contributed by atoms with van der Waals surface area (Å²) in [4.78, 5) is 5.93. The number of allylic oxidation sites excluding steroid dienone is 3. The molecule has 0 saturated carbocycles. The number of nitrogens with one attached hydrogen (secondary N) is 1. The highest BCUT2D eigenvalue weighted by Gasteiger charge is 2.49. The van der Waals surface area contributed by atoms with Gasteiger partial charge >= 0.3 is 6.18 Å². The Morgan fingerprint density at radius 3 is 2.74 bits per heavy atom. The topological polar surface area (TPSA) is 84.4 Å². The molecule has 2 unspecified atom stereocenters. The van der Waals surface area contributed by atoms with Crippen LogP contribution >= 0.6 is 11.5 Å². The molecule has 0 radical (unpaired) electrons. The second-order valence-electron chi connectivity index (χ2n) is 10.0. The number of rotatable bonds is 5. The van der Waals surface area contributed by atoms with Crippen LogP contribution in [0.3, 0.4) is 0 Å². The molecule has 13 heteroatoms. The van der Waals surface area contributed by atoms with Gasteiger partial charge in [0, 0.05) is 41.7 Å². The van der Waals surface area contributed by atoms with Crippen molar-refractivity contribution in [2.24, 2.45) is 17.8 Å². The minimum Gasteiger partial charge on any atom is -0.493 e. The number of benzene rings is 1. The number of hydrogen-bond donors (Lipinski definition) is 1. The molecule has 38 heavy (non-hydrogen) atoms. The van der Waals surface area contributed by atoms with Gasteiger partial charge < -0.3 is 4.74 Å². The van der Waals surface area contributed by atoms with E-state index in [2.05, 4.69) is 19.0 Å². The number of fused-ring (bicyclic) bond motifs is 1. The van der Waals surface area contributed by atoms with Gasteiger partial charge in [-0.05, 0) is 55.9 Å². The number of sulfonamides is 1. The van der Waals surface area contributed by atoms with Crippen LogP contribution in [0.5, 0.6) is 5.75 Å². The van der Waals surface area contributed by atoms with E-state index in [1.807, 2.05) is 6.92 Å². The molecule has 2 aromatic rings. The van der Waals surface area contributed by atoms with Crippen LogP contribution in [0.2, 0.25) is 0 Å². The molecule has 1 N–H and O–H groups in total. The predicted molar refractivity (Wildman–Crippen MR) is 135 cm³/mol. The lowest BCUT2D eigenvalue weighted by atomic mass is 9.73. The zero-order valence-corrected chi connectivity index (χ0v) is 22.4. The van der Waals surface area contributed by atoms with Gasteiger partial charge in [-0.1, -0.05) is 19.1 Å². The standard InChI is InChI=1S/C25H28F4N4O3S2/c1-14-15(2)20(26)6-5-18(14)22-11-16(25(27,28)29)7-9-33(22)21-8-10-36-23-12-17(3-4-19(21)23)38(34,35)32-24-30-13-31-37-24/h3-6,12-14,16,18,21-22H,7-11H2,1-2H3,(H,30,31,32)/t14?,16-,18?,21+,22+/m1/s1. The number of aromatic nitrogens is 2. The average Bonchev–Trinajstić information content (AvgIpc) is 3.38. The van der Waals surface area contributed by atoms with Crippen molar-refractivity contribution in [2.75, 3.05) is 17.9 Å². The Labute approximate surface area is 222 Å². The van der Waals surface area contributed by atoms with Gasteiger partial charge in [-0.25, -0.2) is 17.8 Å². The first-order chi connectivity index (χ1) is 18.0. The van der Waals surface area contributed by atoms with E-state index in [9.17, 15) is 26.0 Å². The number of nitrogens with zero attached hydrogens (tertiary/aromatic N) is 3. The van der Waals surface area contributed by atoms with Crippen LogP contribution in [-0.4, -0.2) is 48.0 Å². The van der Waals surface area contributed by atoms with E-state index in [4.69, 9.17) is 4.74 Å². The summed E-state index contributed by atoms with van der Waals surface area (Å²) in [7, 11) is -3.94. The molecule has 1 aromatic carbocycles. The molecular formula is C25H28F4N4O3S2. The third kappa shape index (κ3) is 5.20. The Morgan fingerprint density at radius 2 is 2.03 bits per heavy atom. The van der Waals surface area contributed by atoms with E-state index < -0.39 is 28.2 Å². The summed E-state index contributed by atoms with van der Waals surface area (Å²) in [6, 6.07) is 3.84. The Bertz CT molecular complexity index is 1340. The SMILES string of the molecule is CC1=C(F)C=CC([C@@H]2C[C@H](C(F)(F)F)CCN2[C@H]2CCOc3cc(S(=O)(=O)Nc4ncns4)ccc32)C1C. The maximum atomic E-state index is 14.3. The molecule has 7 nitrogen and oxygen atoms in total. The summed E-state index contributed by atoms with van der Waals surface area (Å²) in [5.74, 6) is -1.93. The van der Waals surface area contributed by atoms with Gasteiger partial charge in [-0.15, -0.1) is 0 Å². The van der Waals surface area contributed by atoms with Crippen LogP contribution in [0.1, 0.15) is 44.7 Å². The normalized spacial score (nSPS) is 28.6. The zero-order chi connectivity index (χ0) is 27.2. The van der Waals surface area contributed by atoms with Crippen molar-refractivity contribution in [2.45, 2.75) is 56.3 Å². The van der Waals surface area contributed by atoms with E-state index in [1.54, 1.807) is 19.1 Å². The van der Waals surface area contributed by atoms with Crippen molar-refractivity contribution in [1.82, 2.24) is 14.3 Å². The first kappa shape index (κ1) is 27.1. The van der Waals surface area contributed by atoms with E-state index in [1.165, 1.54) is 24.5 Å². The van der Waals surface area contributed by atoms with E-state index >= 15 is 0 Å². The van der Waals surface area contributed by atoms with Crippen LogP contribution < -0.4 is 9.46 Å². The molecule has 2 aliphatic heterocycles. The van der Waals surface area contributed by atoms with Crippen molar-refractivity contribution in [1.29, 1.82) is 0 Å². The number of halogens is 4. The van der Waals surface area contributed by atoms with E-state index in [-0.39, 0.29) is 53.1 Å². The molecule has 206 valence electrons. The Morgan fingerprint density at radius 1 is 1.24 bits per heavy atom. The van der Waals surface area contributed by atoms with Gasteiger partial charge in [0.1, 0.15) is 17.9 Å². The predicted octanol–water partition coefficient (Wildman–Crippen LogP) is 5.87. The molecule has 1 aliphatic carbocycles. The van der Waals surface area contributed by atoms with Crippen LogP contribution in [0.25, 0.3) is 0 Å². The number of ether oxygens (including phenoxy) is 1. The van der Waals surface area contributed by atoms with Gasteiger partial charge in [-0.3, -0.25) is 9.62 Å². The number of likely N-dealkylation sites (tertiary alicyclic amines) is 1. The van der Waals surface area contributed by atoms with Gasteiger partial charge in [0.25, 0.3) is 10.0 Å². The fraction of sp³-hybridized carbons (Fsp3) is 0.520. The molecule has 0 spiro atoms. The number of anilines is 1. The van der Waals surface area contributed by atoms with Gasteiger partial charge in [0.2, 0.25) is 5.13 Å². The Kier molecular flexibility index (Phi) is 7.29. The molecule has 1 aromatic heterocycles. The minimum absolute atomic E-state index is 0.0143. The fourth-order valence-corrected chi connectivity index (χ4v) is 7.47. The van der Waals surface area contributed by atoms with Crippen LogP contribution in [0.15, 0.2) is 53.0 Å². The largest absolute Gasteiger partial charge is 0.493 e. The molecule has 1 saturated heterocycles. The maximum absolute atomic E-state index is 14.3. The summed E-state index contributed by atoms with van der Waals surface area (Å²) in [5.41, 5.74) is 1.27. The third-order valence-corrected chi connectivity index (χ3v) is 10.0. The van der Waals surface area contributed by atoms with Gasteiger partial charge in [0.15, 0.2) is 0 Å². The lowest BCUT2D eigenvalue weighted by molar-refractivity contribution is -0.194. The molecule has 1 fully saturated rings. The summed E-state index contributed by atoms with van der Waals surface area (Å²) in [5, 5.41) is 0.132. The maximum Gasteiger partial charge on any atom is 0.391 e. The fourth-order valence-electron chi connectivity index (χ4n) is 5.79. The highest BCUT2D eigenvalue weighted by Crippen LogP contribution is 2.48. The molecular weight excluding hydrogens is 544 g/mol.